The molecule has 0 aromatic heterocycles. The number of para-hydroxylation sites is 2. The van der Waals surface area contributed by atoms with Crippen LogP contribution in [0.2, 0.25) is 0 Å². The molecular formula is C24H21NO6. The van der Waals surface area contributed by atoms with Crippen LogP contribution in [0.25, 0.3) is 0 Å². The molecule has 31 heavy (non-hydrogen) atoms. The van der Waals surface area contributed by atoms with Crippen molar-refractivity contribution in [3.8, 4) is 23.0 Å². The average Bonchev–Trinajstić information content (AvgIpc) is 3.26. The molecule has 0 spiro atoms. The summed E-state index contributed by atoms with van der Waals surface area (Å²) in [6.45, 7) is 1.61. The number of ether oxygens (including phenoxy) is 4. The van der Waals surface area contributed by atoms with E-state index in [2.05, 4.69) is 5.32 Å². The number of rotatable bonds is 7. The summed E-state index contributed by atoms with van der Waals surface area (Å²) in [5, 5.41) is 2.80. The van der Waals surface area contributed by atoms with Gasteiger partial charge in [-0.1, -0.05) is 36.4 Å². The van der Waals surface area contributed by atoms with E-state index >= 15 is 0 Å². The third-order valence-electron chi connectivity index (χ3n) is 4.69. The van der Waals surface area contributed by atoms with Crippen LogP contribution in [0.4, 0.5) is 0 Å². The lowest BCUT2D eigenvalue weighted by Gasteiger charge is -2.15. The Labute approximate surface area is 179 Å². The molecule has 0 fully saturated rings. The lowest BCUT2D eigenvalue weighted by molar-refractivity contribution is -0.124. The van der Waals surface area contributed by atoms with E-state index in [-0.39, 0.29) is 18.4 Å². The molecule has 3 aromatic rings. The Morgan fingerprint density at radius 2 is 1.71 bits per heavy atom. The lowest BCUT2D eigenvalue weighted by atomic mass is 10.1. The maximum atomic E-state index is 12.5. The largest absolute Gasteiger partial charge is 0.456 e. The van der Waals surface area contributed by atoms with Gasteiger partial charge in [0.25, 0.3) is 5.91 Å². The van der Waals surface area contributed by atoms with Gasteiger partial charge < -0.3 is 24.3 Å². The smallest absolute Gasteiger partial charge is 0.342 e. The first-order valence-corrected chi connectivity index (χ1v) is 9.78. The number of hydrogen-bond donors (Lipinski definition) is 1. The van der Waals surface area contributed by atoms with E-state index in [1.54, 1.807) is 42.5 Å². The Bertz CT molecular complexity index is 1080. The Morgan fingerprint density at radius 1 is 0.968 bits per heavy atom. The number of nitrogens with one attached hydrogen (secondary N) is 1. The minimum absolute atomic E-state index is 0.185. The van der Waals surface area contributed by atoms with E-state index < -0.39 is 18.5 Å². The molecule has 1 aliphatic rings. The number of amides is 1. The van der Waals surface area contributed by atoms with Gasteiger partial charge in [-0.05, 0) is 48.9 Å². The highest BCUT2D eigenvalue weighted by molar-refractivity contribution is 5.94. The third kappa shape index (κ3) is 4.95. The second-order valence-corrected chi connectivity index (χ2v) is 6.89. The highest BCUT2D eigenvalue weighted by Crippen LogP contribution is 2.34. The van der Waals surface area contributed by atoms with Crippen molar-refractivity contribution >= 4 is 11.9 Å². The van der Waals surface area contributed by atoms with Gasteiger partial charge in [0.1, 0.15) is 17.1 Å². The summed E-state index contributed by atoms with van der Waals surface area (Å²) in [6, 6.07) is 21.0. The molecule has 4 rings (SSSR count). The molecular weight excluding hydrogens is 398 g/mol. The summed E-state index contributed by atoms with van der Waals surface area (Å²) in [5.74, 6) is 1.20. The second-order valence-electron chi connectivity index (χ2n) is 6.89. The predicted molar refractivity (Wildman–Crippen MR) is 112 cm³/mol. The van der Waals surface area contributed by atoms with Crippen LogP contribution in [0.5, 0.6) is 23.0 Å². The van der Waals surface area contributed by atoms with Crippen molar-refractivity contribution in [1.82, 2.24) is 5.32 Å². The van der Waals surface area contributed by atoms with E-state index in [0.29, 0.717) is 23.0 Å². The number of carbonyl (C=O) groups excluding carboxylic acids is 2. The number of benzene rings is 3. The van der Waals surface area contributed by atoms with Gasteiger partial charge in [0.05, 0.1) is 6.04 Å². The Morgan fingerprint density at radius 3 is 2.55 bits per heavy atom. The summed E-state index contributed by atoms with van der Waals surface area (Å²) in [7, 11) is 0. The van der Waals surface area contributed by atoms with Gasteiger partial charge in [0, 0.05) is 0 Å². The Balaban J connectivity index is 1.34. The molecule has 7 nitrogen and oxygen atoms in total. The predicted octanol–water partition coefficient (Wildman–Crippen LogP) is 4.24. The zero-order chi connectivity index (χ0) is 21.6. The van der Waals surface area contributed by atoms with Gasteiger partial charge in [-0.25, -0.2) is 4.79 Å². The molecule has 0 bridgehead atoms. The molecule has 0 saturated carbocycles. The maximum absolute atomic E-state index is 12.5. The fraction of sp³-hybridized carbons (Fsp3) is 0.167. The lowest BCUT2D eigenvalue weighted by Crippen LogP contribution is -2.31. The summed E-state index contributed by atoms with van der Waals surface area (Å²) in [4.78, 5) is 24.8. The van der Waals surface area contributed by atoms with Crippen molar-refractivity contribution < 1.29 is 28.5 Å². The van der Waals surface area contributed by atoms with Crippen LogP contribution in [0.15, 0.2) is 72.8 Å². The first kappa shape index (κ1) is 20.3. The Kier molecular flexibility index (Phi) is 6.03. The summed E-state index contributed by atoms with van der Waals surface area (Å²) >= 11 is 0. The fourth-order valence-corrected chi connectivity index (χ4v) is 3.10. The van der Waals surface area contributed by atoms with Crippen molar-refractivity contribution in [3.63, 3.8) is 0 Å². The first-order valence-electron chi connectivity index (χ1n) is 9.78. The van der Waals surface area contributed by atoms with Crippen LogP contribution < -0.4 is 19.5 Å². The molecule has 0 aliphatic carbocycles. The molecule has 1 N–H and O–H groups in total. The summed E-state index contributed by atoms with van der Waals surface area (Å²) in [6.07, 6.45) is 0. The van der Waals surface area contributed by atoms with Crippen LogP contribution in [0, 0.1) is 0 Å². The molecule has 158 valence electrons. The fourth-order valence-electron chi connectivity index (χ4n) is 3.10. The molecule has 1 atom stereocenters. The van der Waals surface area contributed by atoms with Crippen molar-refractivity contribution in [2.24, 2.45) is 0 Å². The van der Waals surface area contributed by atoms with Crippen LogP contribution in [0.3, 0.4) is 0 Å². The quantitative estimate of drug-likeness (QED) is 0.577. The molecule has 1 aliphatic heterocycles. The van der Waals surface area contributed by atoms with Gasteiger partial charge in [-0.3, -0.25) is 4.79 Å². The van der Waals surface area contributed by atoms with Gasteiger partial charge in [-0.15, -0.1) is 0 Å². The molecule has 0 radical (unpaired) electrons. The summed E-state index contributed by atoms with van der Waals surface area (Å²) in [5.41, 5.74) is 1.09. The minimum Gasteiger partial charge on any atom is -0.456 e. The molecule has 3 aromatic carbocycles. The van der Waals surface area contributed by atoms with Crippen LogP contribution >= 0.6 is 0 Å². The number of esters is 1. The Hall–Kier alpha value is -4.00. The van der Waals surface area contributed by atoms with Crippen LogP contribution in [0.1, 0.15) is 28.9 Å². The minimum atomic E-state index is -0.641. The molecule has 1 heterocycles. The average molecular weight is 419 g/mol. The second kappa shape index (κ2) is 9.21. The van der Waals surface area contributed by atoms with Crippen LogP contribution in [-0.2, 0) is 9.53 Å². The molecule has 0 unspecified atom stereocenters. The topological polar surface area (TPSA) is 83.1 Å². The molecule has 7 heteroatoms. The van der Waals surface area contributed by atoms with Gasteiger partial charge in [-0.2, -0.15) is 0 Å². The van der Waals surface area contributed by atoms with Crippen molar-refractivity contribution in [3.05, 3.63) is 83.9 Å². The van der Waals surface area contributed by atoms with E-state index in [1.165, 1.54) is 0 Å². The van der Waals surface area contributed by atoms with E-state index in [9.17, 15) is 9.59 Å². The van der Waals surface area contributed by atoms with Crippen molar-refractivity contribution in [2.45, 2.75) is 13.0 Å². The monoisotopic (exact) mass is 419 g/mol. The molecule has 0 saturated heterocycles. The van der Waals surface area contributed by atoms with Gasteiger partial charge >= 0.3 is 5.97 Å². The number of fused-ring (bicyclic) bond motifs is 1. The maximum Gasteiger partial charge on any atom is 0.342 e. The standard InChI is InChI=1S/C24H21NO6/c1-16(17-11-12-21-22(13-17)30-15-29-21)25-23(26)14-28-24(27)19-9-5-6-10-20(19)31-18-7-3-2-4-8-18/h2-13,16H,14-15H2,1H3,(H,25,26)/t16-/m1/s1. The number of hydrogen-bond acceptors (Lipinski definition) is 6. The normalized spacial score (nSPS) is 12.7. The summed E-state index contributed by atoms with van der Waals surface area (Å²) < 4.78 is 21.6. The van der Waals surface area contributed by atoms with E-state index in [0.717, 1.165) is 5.56 Å². The SMILES string of the molecule is C[C@@H](NC(=O)COC(=O)c1ccccc1Oc1ccccc1)c1ccc2c(c1)OCO2. The zero-order valence-electron chi connectivity index (χ0n) is 16.9. The van der Waals surface area contributed by atoms with Crippen molar-refractivity contribution in [1.29, 1.82) is 0 Å². The first-order chi connectivity index (χ1) is 15.1. The highest BCUT2D eigenvalue weighted by atomic mass is 16.7. The number of carbonyl (C=O) groups is 2. The molecule has 1 amide bonds. The van der Waals surface area contributed by atoms with Crippen LogP contribution in [-0.4, -0.2) is 25.3 Å². The zero-order valence-corrected chi connectivity index (χ0v) is 16.9. The van der Waals surface area contributed by atoms with Gasteiger partial charge in [0.15, 0.2) is 18.1 Å². The third-order valence-corrected chi connectivity index (χ3v) is 4.69. The van der Waals surface area contributed by atoms with Gasteiger partial charge in [0.2, 0.25) is 6.79 Å². The van der Waals surface area contributed by atoms with E-state index in [4.69, 9.17) is 18.9 Å². The van der Waals surface area contributed by atoms with E-state index in [1.807, 2.05) is 37.3 Å². The van der Waals surface area contributed by atoms with Crippen molar-refractivity contribution in [2.75, 3.05) is 13.4 Å². The highest BCUT2D eigenvalue weighted by Gasteiger charge is 2.19.